The van der Waals surface area contributed by atoms with E-state index in [2.05, 4.69) is 77.1 Å². The smallest absolute Gasteiger partial charge is 0.307 e. The first kappa shape index (κ1) is 78.6. The summed E-state index contributed by atoms with van der Waals surface area (Å²) in [5, 5.41) is 0.759. The van der Waals surface area contributed by atoms with Crippen LogP contribution in [0.15, 0.2) is 0 Å². The Morgan fingerprint density at radius 1 is 0.321 bits per heavy atom. The molecular formula is C59H115N3O8S8. The Morgan fingerprint density at radius 2 is 0.551 bits per heavy atom. The molecule has 0 heterocycles. The molecule has 0 amide bonds. The molecule has 0 saturated heterocycles. The fourth-order valence-electron chi connectivity index (χ4n) is 7.64. The van der Waals surface area contributed by atoms with Crippen LogP contribution in [0, 0.1) is 0 Å². The second kappa shape index (κ2) is 54.2. The van der Waals surface area contributed by atoms with E-state index in [1.807, 2.05) is 70.9 Å². The number of carbonyl (C=O) groups is 4. The zero-order valence-electron chi connectivity index (χ0n) is 51.5. The number of esters is 4. The normalized spacial score (nSPS) is 15.0. The van der Waals surface area contributed by atoms with E-state index in [4.69, 9.17) is 18.9 Å². The Labute approximate surface area is 511 Å². The van der Waals surface area contributed by atoms with E-state index in [-0.39, 0.29) is 95.0 Å². The van der Waals surface area contributed by atoms with E-state index < -0.39 is 0 Å². The highest BCUT2D eigenvalue weighted by atomic mass is 33.1. The molecule has 462 valence electrons. The van der Waals surface area contributed by atoms with Crippen LogP contribution >= 0.6 is 86.4 Å². The fourth-order valence-corrected chi connectivity index (χ4v) is 18.0. The summed E-state index contributed by atoms with van der Waals surface area (Å²) >= 11 is 0. The molecule has 19 heteroatoms. The van der Waals surface area contributed by atoms with E-state index in [9.17, 15) is 19.2 Å². The molecule has 8 unspecified atom stereocenters. The van der Waals surface area contributed by atoms with Crippen molar-refractivity contribution >= 4 is 110 Å². The lowest BCUT2D eigenvalue weighted by molar-refractivity contribution is -0.150. The number of unbranched alkanes of at least 4 members (excludes halogenated alkanes) is 12. The van der Waals surface area contributed by atoms with Gasteiger partial charge in [0.25, 0.3) is 0 Å². The molecule has 0 aliphatic carbocycles. The molecule has 0 saturated carbocycles. The van der Waals surface area contributed by atoms with Gasteiger partial charge in [-0.05, 0) is 127 Å². The van der Waals surface area contributed by atoms with Crippen LogP contribution in [-0.4, -0.2) is 166 Å². The summed E-state index contributed by atoms with van der Waals surface area (Å²) in [7, 11) is 16.8. The van der Waals surface area contributed by atoms with E-state index in [1.165, 1.54) is 103 Å². The van der Waals surface area contributed by atoms with Crippen LogP contribution in [0.5, 0.6) is 0 Å². The largest absolute Gasteiger partial charge is 0.461 e. The topological polar surface area (TPSA) is 115 Å². The number of ether oxygens (including phenoxy) is 4. The minimum absolute atomic E-state index is 0.190. The lowest BCUT2D eigenvalue weighted by atomic mass is 10.2. The average molecular weight is 1250 g/mol. The van der Waals surface area contributed by atoms with Crippen molar-refractivity contribution in [2.75, 3.05) is 82.4 Å². The van der Waals surface area contributed by atoms with Crippen LogP contribution in [0.4, 0.5) is 0 Å². The van der Waals surface area contributed by atoms with Crippen molar-refractivity contribution < 1.29 is 38.1 Å². The third-order valence-corrected chi connectivity index (χ3v) is 26.1. The fraction of sp³-hybridized carbons (Fsp3) is 0.932. The second-order valence-corrected chi connectivity index (χ2v) is 32.7. The Balaban J connectivity index is 5.56. The molecule has 0 bridgehead atoms. The maximum absolute atomic E-state index is 13.2. The van der Waals surface area contributed by atoms with Crippen LogP contribution in [0.1, 0.15) is 224 Å². The van der Waals surface area contributed by atoms with Crippen molar-refractivity contribution in [1.82, 2.24) is 14.7 Å². The van der Waals surface area contributed by atoms with Crippen LogP contribution in [0.2, 0.25) is 0 Å². The van der Waals surface area contributed by atoms with E-state index in [1.54, 1.807) is 43.2 Å². The van der Waals surface area contributed by atoms with E-state index >= 15 is 0 Å². The molecule has 0 aliphatic heterocycles. The zero-order chi connectivity index (χ0) is 58.2. The summed E-state index contributed by atoms with van der Waals surface area (Å²) in [6.45, 7) is 30.6. The van der Waals surface area contributed by atoms with E-state index in [0.717, 1.165) is 62.0 Å². The standard InChI is InChI=1S/C59H115N3O8S8/c1-14-18-22-26-44-71-75-52(9)48(5)67-56(63)32-40-61(41-33-57(64)68-49(6)53(10)76-72-45-27-23-19-15-2)38-30-36-60(13)37-31-39-62(42-34-58(65)69-50(7)54(11)77-73-46-28-24-20-16-3)43-35-59(66)70-51(8)55(12)78-74-47-29-25-21-17-4/h48-55H,14-47H2,1-13H3. The minimum atomic E-state index is -0.207. The summed E-state index contributed by atoms with van der Waals surface area (Å²) in [6, 6.07) is 0. The lowest BCUT2D eigenvalue weighted by Crippen LogP contribution is -2.35. The number of hydrogen-bond donors (Lipinski definition) is 0. The summed E-state index contributed by atoms with van der Waals surface area (Å²) in [5.74, 6) is 3.62. The van der Waals surface area contributed by atoms with Gasteiger partial charge in [-0.2, -0.15) is 0 Å². The highest BCUT2D eigenvalue weighted by Crippen LogP contribution is 2.34. The van der Waals surface area contributed by atoms with Gasteiger partial charge in [0.05, 0.1) is 25.7 Å². The van der Waals surface area contributed by atoms with Gasteiger partial charge in [0.2, 0.25) is 0 Å². The third kappa shape index (κ3) is 46.9. The zero-order valence-corrected chi connectivity index (χ0v) is 58.1. The quantitative estimate of drug-likeness (QED) is 0.0249. The van der Waals surface area contributed by atoms with Crippen LogP contribution in [0.25, 0.3) is 0 Å². The summed E-state index contributed by atoms with van der Waals surface area (Å²) in [6.07, 6.45) is 21.9. The highest BCUT2D eigenvalue weighted by molar-refractivity contribution is 8.77. The number of hydrogen-bond acceptors (Lipinski definition) is 19. The lowest BCUT2D eigenvalue weighted by Gasteiger charge is -2.26. The Kier molecular flexibility index (Phi) is 54.6. The van der Waals surface area contributed by atoms with Gasteiger partial charge >= 0.3 is 23.9 Å². The Bertz CT molecular complexity index is 1260. The molecule has 0 N–H and O–H groups in total. The van der Waals surface area contributed by atoms with Crippen LogP contribution < -0.4 is 0 Å². The maximum atomic E-state index is 13.2. The molecule has 0 aromatic carbocycles. The predicted molar refractivity (Wildman–Crippen MR) is 355 cm³/mol. The van der Waals surface area contributed by atoms with Crippen LogP contribution in [-0.2, 0) is 38.1 Å². The first-order valence-corrected chi connectivity index (χ1v) is 40.0. The molecular weight excluding hydrogens is 1140 g/mol. The van der Waals surface area contributed by atoms with Crippen molar-refractivity contribution in [1.29, 1.82) is 0 Å². The monoisotopic (exact) mass is 1250 g/mol. The van der Waals surface area contributed by atoms with Crippen molar-refractivity contribution in [3.05, 3.63) is 0 Å². The summed E-state index contributed by atoms with van der Waals surface area (Å²) in [4.78, 5) is 59.6. The molecule has 78 heavy (non-hydrogen) atoms. The van der Waals surface area contributed by atoms with E-state index in [0.29, 0.717) is 26.2 Å². The van der Waals surface area contributed by atoms with Gasteiger partial charge in [0.15, 0.2) is 0 Å². The predicted octanol–water partition coefficient (Wildman–Crippen LogP) is 17.0. The molecule has 0 rings (SSSR count). The molecule has 11 nitrogen and oxygen atoms in total. The second-order valence-electron chi connectivity index (χ2n) is 21.2. The van der Waals surface area contributed by atoms with Crippen molar-refractivity contribution in [3.63, 3.8) is 0 Å². The first-order valence-electron chi connectivity index (χ1n) is 30.5. The van der Waals surface area contributed by atoms with Gasteiger partial charge in [-0.3, -0.25) is 19.2 Å². The average Bonchev–Trinajstić information content (AvgIpc) is 3.40. The Morgan fingerprint density at radius 3 is 0.769 bits per heavy atom. The first-order chi connectivity index (χ1) is 37.5. The summed E-state index contributed by atoms with van der Waals surface area (Å²) in [5.41, 5.74) is 0. The molecule has 8 atom stereocenters. The molecule has 0 aliphatic rings. The Hall–Kier alpha value is 0.560. The molecule has 0 radical (unpaired) electrons. The van der Waals surface area contributed by atoms with Gasteiger partial charge in [0, 0.05) is 70.2 Å². The third-order valence-electron chi connectivity index (χ3n) is 13.7. The molecule has 0 fully saturated rings. The van der Waals surface area contributed by atoms with Crippen LogP contribution in [0.3, 0.4) is 0 Å². The van der Waals surface area contributed by atoms with Gasteiger partial charge < -0.3 is 33.6 Å². The SMILES string of the molecule is CCCCCCSSC(C)C(C)OC(=O)CCN(CCCN(C)CCCN(CCC(=O)OC(C)C(C)SSCCCCCC)CCC(=O)OC(C)C(C)SSCCCCCC)CCC(=O)OC(C)C(C)SSCCCCCC. The van der Waals surface area contributed by atoms with Gasteiger partial charge in [-0.1, -0.05) is 191 Å². The van der Waals surface area contributed by atoms with Crippen molar-refractivity contribution in [2.45, 2.75) is 270 Å². The van der Waals surface area contributed by atoms with Gasteiger partial charge in [-0.15, -0.1) is 0 Å². The van der Waals surface area contributed by atoms with Crippen molar-refractivity contribution in [3.8, 4) is 0 Å². The number of nitrogens with zero attached hydrogens (tertiary/aromatic N) is 3. The molecule has 0 aromatic rings. The molecule has 0 aromatic heterocycles. The minimum Gasteiger partial charge on any atom is -0.461 e. The highest BCUT2D eigenvalue weighted by Gasteiger charge is 2.23. The number of carbonyl (C=O) groups excluding carboxylic acids is 4. The molecule has 0 spiro atoms. The van der Waals surface area contributed by atoms with Gasteiger partial charge in [0.1, 0.15) is 24.4 Å². The maximum Gasteiger partial charge on any atom is 0.307 e. The summed E-state index contributed by atoms with van der Waals surface area (Å²) < 4.78 is 23.7. The number of rotatable bonds is 56. The van der Waals surface area contributed by atoms with Crippen molar-refractivity contribution in [2.24, 2.45) is 0 Å². The van der Waals surface area contributed by atoms with Gasteiger partial charge in [-0.25, -0.2) is 0 Å².